The molecule has 1 N–H and O–H groups in total. The summed E-state index contributed by atoms with van der Waals surface area (Å²) in [5, 5.41) is 8.82. The molecule has 0 aromatic carbocycles. The highest BCUT2D eigenvalue weighted by atomic mass is 16.4. The Hall–Kier alpha value is -1.65. The molecule has 1 aliphatic rings. The molecule has 0 radical (unpaired) electrons. The molecule has 0 atom stereocenters. The van der Waals surface area contributed by atoms with Crippen LogP contribution < -0.4 is 0 Å². The van der Waals surface area contributed by atoms with Crippen molar-refractivity contribution in [2.45, 2.75) is 19.3 Å². The molecule has 2 rings (SSSR count). The summed E-state index contributed by atoms with van der Waals surface area (Å²) in [4.78, 5) is 20.6. The number of likely N-dealkylation sites (tertiary alicyclic amines) is 1. The van der Waals surface area contributed by atoms with Crippen LogP contribution in [0.3, 0.4) is 0 Å². The van der Waals surface area contributed by atoms with E-state index in [4.69, 9.17) is 5.11 Å². The van der Waals surface area contributed by atoms with Gasteiger partial charge < -0.3 is 10.0 Å². The average molecular weight is 221 g/mol. The molecule has 0 spiro atoms. The van der Waals surface area contributed by atoms with Gasteiger partial charge in [0.15, 0.2) is 0 Å². The van der Waals surface area contributed by atoms with Crippen LogP contribution in [0, 0.1) is 5.92 Å². The minimum absolute atomic E-state index is 0.512. The quantitative estimate of drug-likeness (QED) is 0.820. The van der Waals surface area contributed by atoms with Gasteiger partial charge in [0, 0.05) is 31.9 Å². The van der Waals surface area contributed by atoms with Crippen LogP contribution in [0.5, 0.6) is 0 Å². The topological polar surface area (TPSA) is 66.3 Å². The number of carbonyl (C=O) groups is 1. The van der Waals surface area contributed by atoms with Crippen molar-refractivity contribution in [2.24, 2.45) is 5.92 Å². The first-order valence-corrected chi connectivity index (χ1v) is 5.49. The maximum Gasteiger partial charge on any atom is 0.407 e. The van der Waals surface area contributed by atoms with E-state index in [1.807, 2.05) is 0 Å². The van der Waals surface area contributed by atoms with E-state index in [9.17, 15) is 4.79 Å². The summed E-state index contributed by atoms with van der Waals surface area (Å²) in [6, 6.07) is 1.80. The van der Waals surface area contributed by atoms with Gasteiger partial charge in [-0.2, -0.15) is 0 Å². The molecule has 5 heteroatoms. The zero-order valence-electron chi connectivity index (χ0n) is 9.04. The van der Waals surface area contributed by atoms with E-state index in [2.05, 4.69) is 9.97 Å². The minimum atomic E-state index is -0.811. The third-order valence-electron chi connectivity index (χ3n) is 2.98. The molecule has 86 valence electrons. The van der Waals surface area contributed by atoms with Gasteiger partial charge in [-0.3, -0.25) is 0 Å². The lowest BCUT2D eigenvalue weighted by Crippen LogP contribution is -2.38. The molecular weight excluding hydrogens is 206 g/mol. The van der Waals surface area contributed by atoms with E-state index in [-0.39, 0.29) is 0 Å². The third-order valence-corrected chi connectivity index (χ3v) is 2.98. The maximum atomic E-state index is 10.7. The number of piperidine rings is 1. The molecule has 1 amide bonds. The summed E-state index contributed by atoms with van der Waals surface area (Å²) in [6.45, 7) is 1.26. The van der Waals surface area contributed by atoms with E-state index in [0.717, 1.165) is 25.1 Å². The van der Waals surface area contributed by atoms with Crippen LogP contribution in [0.15, 0.2) is 18.5 Å². The SMILES string of the molecule is O=C(O)N1CCC(Cc2ncccn2)CC1. The molecule has 16 heavy (non-hydrogen) atoms. The van der Waals surface area contributed by atoms with Gasteiger partial charge in [0.05, 0.1) is 0 Å². The third kappa shape index (κ3) is 2.68. The predicted molar refractivity (Wildman–Crippen MR) is 58.1 cm³/mol. The normalized spacial score (nSPS) is 17.4. The minimum Gasteiger partial charge on any atom is -0.465 e. The Labute approximate surface area is 94.1 Å². The van der Waals surface area contributed by atoms with E-state index >= 15 is 0 Å². The Morgan fingerprint density at radius 3 is 2.56 bits per heavy atom. The van der Waals surface area contributed by atoms with Crippen molar-refractivity contribution in [3.63, 3.8) is 0 Å². The van der Waals surface area contributed by atoms with Crippen LogP contribution in [-0.4, -0.2) is 39.2 Å². The first kappa shape index (κ1) is 10.9. The molecule has 1 saturated heterocycles. The van der Waals surface area contributed by atoms with Crippen molar-refractivity contribution >= 4 is 6.09 Å². The molecule has 2 heterocycles. The van der Waals surface area contributed by atoms with Crippen LogP contribution in [0.4, 0.5) is 4.79 Å². The van der Waals surface area contributed by atoms with E-state index in [0.29, 0.717) is 19.0 Å². The number of amides is 1. The largest absolute Gasteiger partial charge is 0.465 e. The van der Waals surface area contributed by atoms with Gasteiger partial charge in [-0.25, -0.2) is 14.8 Å². The Bertz CT molecular complexity index is 348. The second kappa shape index (κ2) is 4.92. The van der Waals surface area contributed by atoms with E-state index in [1.165, 1.54) is 4.90 Å². The van der Waals surface area contributed by atoms with Crippen molar-refractivity contribution in [1.29, 1.82) is 0 Å². The van der Waals surface area contributed by atoms with Gasteiger partial charge in [-0.15, -0.1) is 0 Å². The van der Waals surface area contributed by atoms with Crippen molar-refractivity contribution < 1.29 is 9.90 Å². The molecule has 1 aromatic heterocycles. The van der Waals surface area contributed by atoms with Gasteiger partial charge in [-0.1, -0.05) is 0 Å². The average Bonchev–Trinajstić information content (AvgIpc) is 2.31. The molecule has 1 fully saturated rings. The van der Waals surface area contributed by atoms with Gasteiger partial charge in [-0.05, 0) is 24.8 Å². The summed E-state index contributed by atoms with van der Waals surface area (Å²) >= 11 is 0. The summed E-state index contributed by atoms with van der Waals surface area (Å²) in [5.41, 5.74) is 0. The van der Waals surface area contributed by atoms with Gasteiger partial charge >= 0.3 is 6.09 Å². The Morgan fingerprint density at radius 1 is 1.38 bits per heavy atom. The summed E-state index contributed by atoms with van der Waals surface area (Å²) < 4.78 is 0. The predicted octanol–water partition coefficient (Wildman–Crippen LogP) is 1.41. The van der Waals surface area contributed by atoms with Crippen LogP contribution >= 0.6 is 0 Å². The Balaban J connectivity index is 1.84. The lowest BCUT2D eigenvalue weighted by Gasteiger charge is -2.29. The zero-order chi connectivity index (χ0) is 11.4. The number of hydrogen-bond acceptors (Lipinski definition) is 3. The monoisotopic (exact) mass is 221 g/mol. The molecule has 5 nitrogen and oxygen atoms in total. The fraction of sp³-hybridized carbons (Fsp3) is 0.545. The van der Waals surface area contributed by atoms with Crippen LogP contribution in [-0.2, 0) is 6.42 Å². The highest BCUT2D eigenvalue weighted by Gasteiger charge is 2.22. The second-order valence-electron chi connectivity index (χ2n) is 4.08. The van der Waals surface area contributed by atoms with Crippen molar-refractivity contribution in [1.82, 2.24) is 14.9 Å². The first-order chi connectivity index (χ1) is 7.75. The van der Waals surface area contributed by atoms with Crippen LogP contribution in [0.1, 0.15) is 18.7 Å². The van der Waals surface area contributed by atoms with Crippen LogP contribution in [0.2, 0.25) is 0 Å². The molecule has 0 aliphatic carbocycles. The van der Waals surface area contributed by atoms with Gasteiger partial charge in [0.2, 0.25) is 0 Å². The van der Waals surface area contributed by atoms with E-state index < -0.39 is 6.09 Å². The number of rotatable bonds is 2. The van der Waals surface area contributed by atoms with Crippen molar-refractivity contribution in [2.75, 3.05) is 13.1 Å². The maximum absolute atomic E-state index is 10.7. The number of hydrogen-bond donors (Lipinski definition) is 1. The van der Waals surface area contributed by atoms with E-state index in [1.54, 1.807) is 18.5 Å². The van der Waals surface area contributed by atoms with Crippen LogP contribution in [0.25, 0.3) is 0 Å². The molecule has 1 aliphatic heterocycles. The standard InChI is InChI=1S/C11H15N3O2/c15-11(16)14-6-2-9(3-7-14)8-10-12-4-1-5-13-10/h1,4-5,9H,2-3,6-8H2,(H,15,16). The lowest BCUT2D eigenvalue weighted by molar-refractivity contribution is 0.124. The van der Waals surface area contributed by atoms with Crippen molar-refractivity contribution in [3.8, 4) is 0 Å². The fourth-order valence-corrected chi connectivity index (χ4v) is 2.02. The highest BCUT2D eigenvalue weighted by molar-refractivity contribution is 5.64. The first-order valence-electron chi connectivity index (χ1n) is 5.49. The van der Waals surface area contributed by atoms with Crippen molar-refractivity contribution in [3.05, 3.63) is 24.3 Å². The fourth-order valence-electron chi connectivity index (χ4n) is 2.02. The molecule has 0 bridgehead atoms. The summed E-state index contributed by atoms with van der Waals surface area (Å²) in [5.74, 6) is 1.37. The molecular formula is C11H15N3O2. The number of aromatic nitrogens is 2. The van der Waals surface area contributed by atoms with Gasteiger partial charge in [0.25, 0.3) is 0 Å². The number of carboxylic acid groups (broad SMARTS) is 1. The Morgan fingerprint density at radius 2 is 2.00 bits per heavy atom. The molecule has 0 unspecified atom stereocenters. The Kier molecular flexibility index (Phi) is 3.34. The van der Waals surface area contributed by atoms with Gasteiger partial charge in [0.1, 0.15) is 5.82 Å². The molecule has 0 saturated carbocycles. The molecule has 1 aromatic rings. The smallest absolute Gasteiger partial charge is 0.407 e. The summed E-state index contributed by atoms with van der Waals surface area (Å²) in [6.07, 6.45) is 5.35. The number of nitrogens with zero attached hydrogens (tertiary/aromatic N) is 3. The zero-order valence-corrected chi connectivity index (χ0v) is 9.04. The summed E-state index contributed by atoms with van der Waals surface area (Å²) in [7, 11) is 0. The second-order valence-corrected chi connectivity index (χ2v) is 4.08. The lowest BCUT2D eigenvalue weighted by atomic mass is 9.93. The highest BCUT2D eigenvalue weighted by Crippen LogP contribution is 2.19.